The van der Waals surface area contributed by atoms with Crippen LogP contribution >= 0.6 is 11.6 Å². The topological polar surface area (TPSA) is 43.9 Å². The van der Waals surface area contributed by atoms with Gasteiger partial charge >= 0.3 is 0 Å². The predicted molar refractivity (Wildman–Crippen MR) is 83.8 cm³/mol. The summed E-state index contributed by atoms with van der Waals surface area (Å²) >= 11 is 5.92. The van der Waals surface area contributed by atoms with Crippen molar-refractivity contribution in [1.82, 2.24) is 14.5 Å². The smallest absolute Gasteiger partial charge is 0.160 e. The summed E-state index contributed by atoms with van der Waals surface area (Å²) in [6.45, 7) is 4.18. The van der Waals surface area contributed by atoms with Gasteiger partial charge in [-0.15, -0.1) is 11.6 Å². The third-order valence-electron chi connectivity index (χ3n) is 3.58. The first-order chi connectivity index (χ1) is 10.2. The van der Waals surface area contributed by atoms with Gasteiger partial charge < -0.3 is 8.98 Å². The molecule has 4 nitrogen and oxygen atoms in total. The van der Waals surface area contributed by atoms with Crippen molar-refractivity contribution in [2.75, 3.05) is 5.88 Å². The molecule has 1 unspecified atom stereocenters. The molecule has 3 heterocycles. The van der Waals surface area contributed by atoms with E-state index in [1.165, 1.54) is 0 Å². The van der Waals surface area contributed by atoms with Crippen LogP contribution in [0, 0.1) is 6.92 Å². The van der Waals surface area contributed by atoms with E-state index >= 15 is 0 Å². The van der Waals surface area contributed by atoms with E-state index in [0.717, 1.165) is 41.2 Å². The van der Waals surface area contributed by atoms with Crippen molar-refractivity contribution < 1.29 is 4.42 Å². The minimum absolute atomic E-state index is 0.217. The standard InChI is InChI=1S/C16H18ClN3O/c1-11-8-14-16(18-10-11)20(15(19-14)5-6-17)12(2)9-13-4-3-7-21-13/h3-4,7-8,10,12H,5-6,9H2,1-2H3. The normalized spacial score (nSPS) is 12.9. The van der Waals surface area contributed by atoms with Crippen LogP contribution in [0.1, 0.15) is 30.1 Å². The molecule has 0 saturated carbocycles. The monoisotopic (exact) mass is 303 g/mol. The van der Waals surface area contributed by atoms with E-state index in [9.17, 15) is 0 Å². The highest BCUT2D eigenvalue weighted by atomic mass is 35.5. The van der Waals surface area contributed by atoms with Crippen molar-refractivity contribution >= 4 is 22.8 Å². The molecule has 3 rings (SSSR count). The van der Waals surface area contributed by atoms with Crippen LogP contribution in [0.5, 0.6) is 0 Å². The Morgan fingerprint density at radius 1 is 1.43 bits per heavy atom. The van der Waals surface area contributed by atoms with Crippen molar-refractivity contribution in [3.8, 4) is 0 Å². The fourth-order valence-electron chi connectivity index (χ4n) is 2.66. The zero-order valence-corrected chi connectivity index (χ0v) is 13.0. The van der Waals surface area contributed by atoms with E-state index in [2.05, 4.69) is 22.5 Å². The lowest BCUT2D eigenvalue weighted by Gasteiger charge is -2.15. The number of rotatable bonds is 5. The van der Waals surface area contributed by atoms with Gasteiger partial charge in [0.05, 0.1) is 6.26 Å². The van der Waals surface area contributed by atoms with E-state index in [0.29, 0.717) is 5.88 Å². The summed E-state index contributed by atoms with van der Waals surface area (Å²) in [7, 11) is 0. The van der Waals surface area contributed by atoms with Crippen molar-refractivity contribution in [3.63, 3.8) is 0 Å². The second-order valence-corrected chi connectivity index (χ2v) is 5.70. The Labute approximate surface area is 128 Å². The number of alkyl halides is 1. The average molecular weight is 304 g/mol. The molecular formula is C16H18ClN3O. The molecule has 0 aliphatic heterocycles. The maximum absolute atomic E-state index is 5.92. The number of furan rings is 1. The van der Waals surface area contributed by atoms with Crippen LogP contribution in [-0.4, -0.2) is 20.4 Å². The zero-order valence-electron chi connectivity index (χ0n) is 12.2. The predicted octanol–water partition coefficient (Wildman–Crippen LogP) is 3.92. The molecule has 0 saturated heterocycles. The van der Waals surface area contributed by atoms with E-state index in [1.807, 2.05) is 25.3 Å². The van der Waals surface area contributed by atoms with Gasteiger partial charge in [-0.1, -0.05) is 0 Å². The summed E-state index contributed by atoms with van der Waals surface area (Å²) in [5, 5.41) is 0. The Bertz CT molecular complexity index is 733. The Balaban J connectivity index is 2.03. The third-order valence-corrected chi connectivity index (χ3v) is 3.76. The van der Waals surface area contributed by atoms with Crippen LogP contribution in [-0.2, 0) is 12.8 Å². The van der Waals surface area contributed by atoms with E-state index in [4.69, 9.17) is 21.0 Å². The summed E-state index contributed by atoms with van der Waals surface area (Å²) < 4.78 is 7.63. The van der Waals surface area contributed by atoms with Gasteiger partial charge in [-0.2, -0.15) is 0 Å². The fraction of sp³-hybridized carbons (Fsp3) is 0.375. The number of aromatic nitrogens is 3. The molecule has 21 heavy (non-hydrogen) atoms. The Kier molecular flexibility index (Phi) is 3.97. The van der Waals surface area contributed by atoms with Gasteiger partial charge in [0.25, 0.3) is 0 Å². The van der Waals surface area contributed by atoms with Crippen LogP contribution in [0.2, 0.25) is 0 Å². The summed E-state index contributed by atoms with van der Waals surface area (Å²) in [6.07, 6.45) is 5.13. The SMILES string of the molecule is Cc1cnc2c(c1)nc(CCCl)n2C(C)Cc1ccco1. The second-order valence-electron chi connectivity index (χ2n) is 5.32. The largest absolute Gasteiger partial charge is 0.469 e. The summed E-state index contributed by atoms with van der Waals surface area (Å²) in [4.78, 5) is 9.26. The molecule has 0 bridgehead atoms. The molecule has 0 spiro atoms. The van der Waals surface area contributed by atoms with Gasteiger partial charge in [0.1, 0.15) is 17.1 Å². The lowest BCUT2D eigenvalue weighted by atomic mass is 10.2. The Morgan fingerprint density at radius 2 is 2.29 bits per heavy atom. The molecule has 0 N–H and O–H groups in total. The number of pyridine rings is 1. The first kappa shape index (κ1) is 14.1. The van der Waals surface area contributed by atoms with Crippen LogP contribution < -0.4 is 0 Å². The Hall–Kier alpha value is -1.81. The average Bonchev–Trinajstić information content (AvgIpc) is 3.05. The van der Waals surface area contributed by atoms with Gasteiger partial charge in [-0.25, -0.2) is 9.97 Å². The van der Waals surface area contributed by atoms with Gasteiger partial charge in [0, 0.05) is 31.0 Å². The van der Waals surface area contributed by atoms with Gasteiger partial charge in [-0.3, -0.25) is 0 Å². The molecule has 0 aromatic carbocycles. The summed E-state index contributed by atoms with van der Waals surface area (Å²) in [6, 6.07) is 6.19. The molecule has 0 radical (unpaired) electrons. The van der Waals surface area contributed by atoms with Crippen LogP contribution in [0.25, 0.3) is 11.2 Å². The van der Waals surface area contributed by atoms with Crippen LogP contribution in [0.4, 0.5) is 0 Å². The van der Waals surface area contributed by atoms with Crippen LogP contribution in [0.3, 0.4) is 0 Å². The molecular weight excluding hydrogens is 286 g/mol. The van der Waals surface area contributed by atoms with Crippen LogP contribution in [0.15, 0.2) is 35.1 Å². The van der Waals surface area contributed by atoms with Gasteiger partial charge in [-0.05, 0) is 37.6 Å². The van der Waals surface area contributed by atoms with Crippen molar-refractivity contribution in [2.24, 2.45) is 0 Å². The molecule has 1 atom stereocenters. The summed E-state index contributed by atoms with van der Waals surface area (Å²) in [5.74, 6) is 2.50. The molecule has 0 amide bonds. The molecule has 110 valence electrons. The number of imidazole rings is 1. The highest BCUT2D eigenvalue weighted by Gasteiger charge is 2.18. The van der Waals surface area contributed by atoms with E-state index in [-0.39, 0.29) is 6.04 Å². The number of halogens is 1. The molecule has 3 aromatic rings. The van der Waals surface area contributed by atoms with E-state index in [1.54, 1.807) is 6.26 Å². The molecule has 0 fully saturated rings. The zero-order chi connectivity index (χ0) is 14.8. The molecule has 5 heteroatoms. The maximum atomic E-state index is 5.92. The number of hydrogen-bond donors (Lipinski definition) is 0. The fourth-order valence-corrected chi connectivity index (χ4v) is 2.83. The lowest BCUT2D eigenvalue weighted by molar-refractivity contribution is 0.446. The van der Waals surface area contributed by atoms with Crippen molar-refractivity contribution in [2.45, 2.75) is 32.7 Å². The summed E-state index contributed by atoms with van der Waals surface area (Å²) in [5.41, 5.74) is 2.96. The quantitative estimate of drug-likeness (QED) is 0.671. The van der Waals surface area contributed by atoms with Gasteiger partial charge in [0.2, 0.25) is 0 Å². The number of fused-ring (bicyclic) bond motifs is 1. The lowest BCUT2D eigenvalue weighted by Crippen LogP contribution is -2.12. The van der Waals surface area contributed by atoms with Crippen molar-refractivity contribution in [3.05, 3.63) is 47.8 Å². The van der Waals surface area contributed by atoms with Gasteiger partial charge in [0.15, 0.2) is 5.65 Å². The van der Waals surface area contributed by atoms with Crippen molar-refractivity contribution in [1.29, 1.82) is 0 Å². The maximum Gasteiger partial charge on any atom is 0.160 e. The number of nitrogens with zero attached hydrogens (tertiary/aromatic N) is 3. The minimum atomic E-state index is 0.217. The molecule has 0 aliphatic carbocycles. The van der Waals surface area contributed by atoms with E-state index < -0.39 is 0 Å². The number of hydrogen-bond acceptors (Lipinski definition) is 3. The first-order valence-corrected chi connectivity index (χ1v) is 7.64. The number of aryl methyl sites for hydroxylation is 2. The molecule has 3 aromatic heterocycles. The highest BCUT2D eigenvalue weighted by molar-refractivity contribution is 6.17. The Morgan fingerprint density at radius 3 is 3.00 bits per heavy atom. The third kappa shape index (κ3) is 2.81. The second kappa shape index (κ2) is 5.90. The first-order valence-electron chi connectivity index (χ1n) is 7.11. The highest BCUT2D eigenvalue weighted by Crippen LogP contribution is 2.23. The molecule has 0 aliphatic rings. The minimum Gasteiger partial charge on any atom is -0.469 e.